The first-order valence-electron chi connectivity index (χ1n) is 11.9. The number of carbonyl (C=O) groups is 3. The van der Waals surface area contributed by atoms with Crippen LogP contribution in [0.15, 0.2) is 103 Å². The van der Waals surface area contributed by atoms with Crippen LogP contribution in [0, 0.1) is 0 Å². The monoisotopic (exact) mass is 475 g/mol. The zero-order chi connectivity index (χ0) is 24.9. The Balaban J connectivity index is 1.24. The van der Waals surface area contributed by atoms with Crippen molar-refractivity contribution in [1.29, 1.82) is 0 Å². The van der Waals surface area contributed by atoms with Crippen molar-refractivity contribution in [3.8, 4) is 11.1 Å². The highest BCUT2D eigenvalue weighted by atomic mass is 16.5. The van der Waals surface area contributed by atoms with E-state index in [-0.39, 0.29) is 24.7 Å². The lowest BCUT2D eigenvalue weighted by Gasteiger charge is -2.19. The van der Waals surface area contributed by atoms with Gasteiger partial charge in [-0.1, -0.05) is 84.9 Å². The standard InChI is InChI=1S/C31H25NO4/c33-29(25-16-15-24-17-23-13-7-8-14-26(23)27(24)18-25)20-36-30(34)19-28(21-9-3-1-4-10-21)32-31(35)22-11-5-2-6-12-22/h1-16,18,28H,17,19-20H2,(H,32,35)/t28-/m0/s1. The summed E-state index contributed by atoms with van der Waals surface area (Å²) < 4.78 is 5.35. The van der Waals surface area contributed by atoms with Gasteiger partial charge in [0.1, 0.15) is 0 Å². The number of hydrogen-bond donors (Lipinski definition) is 1. The first-order valence-corrected chi connectivity index (χ1v) is 11.9. The number of amides is 1. The molecule has 5 heteroatoms. The van der Waals surface area contributed by atoms with Gasteiger partial charge >= 0.3 is 5.97 Å². The van der Waals surface area contributed by atoms with Gasteiger partial charge in [-0.15, -0.1) is 0 Å². The minimum Gasteiger partial charge on any atom is -0.457 e. The van der Waals surface area contributed by atoms with Crippen LogP contribution in [0.2, 0.25) is 0 Å². The molecule has 0 heterocycles. The van der Waals surface area contributed by atoms with Gasteiger partial charge < -0.3 is 10.1 Å². The summed E-state index contributed by atoms with van der Waals surface area (Å²) in [6.07, 6.45) is 0.762. The van der Waals surface area contributed by atoms with Gasteiger partial charge in [0.25, 0.3) is 5.91 Å². The summed E-state index contributed by atoms with van der Waals surface area (Å²) in [7, 11) is 0. The molecule has 0 aliphatic heterocycles. The number of ether oxygens (including phenoxy) is 1. The number of nitrogens with one attached hydrogen (secondary N) is 1. The van der Waals surface area contributed by atoms with Gasteiger partial charge in [-0.25, -0.2) is 0 Å². The summed E-state index contributed by atoms with van der Waals surface area (Å²) >= 11 is 0. The highest BCUT2D eigenvalue weighted by molar-refractivity contribution is 6.00. The molecule has 0 aromatic heterocycles. The summed E-state index contributed by atoms with van der Waals surface area (Å²) in [5.41, 5.74) is 6.41. The molecule has 0 saturated heterocycles. The maximum atomic E-state index is 12.8. The van der Waals surface area contributed by atoms with Crippen LogP contribution in [0.25, 0.3) is 11.1 Å². The number of carbonyl (C=O) groups excluding carboxylic acids is 3. The van der Waals surface area contributed by atoms with Crippen molar-refractivity contribution in [2.45, 2.75) is 18.9 Å². The van der Waals surface area contributed by atoms with Crippen LogP contribution in [0.1, 0.15) is 49.9 Å². The van der Waals surface area contributed by atoms with Crippen LogP contribution >= 0.6 is 0 Å². The fourth-order valence-corrected chi connectivity index (χ4v) is 4.52. The Bertz CT molecular complexity index is 1410. The molecule has 1 aliphatic carbocycles. The second-order valence-corrected chi connectivity index (χ2v) is 8.80. The van der Waals surface area contributed by atoms with Crippen LogP contribution in [0.4, 0.5) is 0 Å². The highest BCUT2D eigenvalue weighted by Crippen LogP contribution is 2.36. The Morgan fingerprint density at radius 1 is 0.722 bits per heavy atom. The molecular formula is C31H25NO4. The molecule has 0 unspecified atom stereocenters. The molecule has 0 fully saturated rings. The van der Waals surface area contributed by atoms with Crippen LogP contribution in [0.5, 0.6) is 0 Å². The third kappa shape index (κ3) is 5.10. The predicted molar refractivity (Wildman–Crippen MR) is 138 cm³/mol. The Morgan fingerprint density at radius 2 is 1.39 bits per heavy atom. The second kappa shape index (κ2) is 10.4. The van der Waals surface area contributed by atoms with Gasteiger partial charge in [0.05, 0.1) is 12.5 Å². The van der Waals surface area contributed by atoms with E-state index in [1.807, 2.05) is 60.7 Å². The lowest BCUT2D eigenvalue weighted by molar-refractivity contribution is -0.143. The Morgan fingerprint density at radius 3 is 2.17 bits per heavy atom. The number of esters is 1. The maximum absolute atomic E-state index is 12.8. The first kappa shape index (κ1) is 23.2. The summed E-state index contributed by atoms with van der Waals surface area (Å²) in [4.78, 5) is 38.3. The molecule has 4 aromatic carbocycles. The number of benzene rings is 4. The average molecular weight is 476 g/mol. The van der Waals surface area contributed by atoms with Crippen molar-refractivity contribution >= 4 is 17.7 Å². The molecular weight excluding hydrogens is 450 g/mol. The summed E-state index contributed by atoms with van der Waals surface area (Å²) in [5.74, 6) is -1.11. The zero-order valence-electron chi connectivity index (χ0n) is 19.6. The van der Waals surface area contributed by atoms with Crippen molar-refractivity contribution in [2.75, 3.05) is 6.61 Å². The van der Waals surface area contributed by atoms with Crippen LogP contribution in [0.3, 0.4) is 0 Å². The number of rotatable bonds is 8. The lowest BCUT2D eigenvalue weighted by atomic mass is 10.0. The van der Waals surface area contributed by atoms with E-state index in [2.05, 4.69) is 17.4 Å². The van der Waals surface area contributed by atoms with Gasteiger partial charge in [-0.2, -0.15) is 0 Å². The van der Waals surface area contributed by atoms with E-state index in [1.165, 1.54) is 11.1 Å². The number of fused-ring (bicyclic) bond motifs is 3. The summed E-state index contributed by atoms with van der Waals surface area (Å²) in [5, 5.41) is 2.91. The highest BCUT2D eigenvalue weighted by Gasteiger charge is 2.22. The third-order valence-corrected chi connectivity index (χ3v) is 6.40. The van der Waals surface area contributed by atoms with E-state index < -0.39 is 12.0 Å². The fraction of sp³-hybridized carbons (Fsp3) is 0.129. The largest absolute Gasteiger partial charge is 0.457 e. The quantitative estimate of drug-likeness (QED) is 0.236. The Hall–Kier alpha value is -4.51. The van der Waals surface area contributed by atoms with Crippen molar-refractivity contribution in [1.82, 2.24) is 5.32 Å². The molecule has 1 N–H and O–H groups in total. The molecule has 1 amide bonds. The molecule has 4 aromatic rings. The van der Waals surface area contributed by atoms with E-state index in [0.717, 1.165) is 23.1 Å². The molecule has 5 nitrogen and oxygen atoms in total. The SMILES string of the molecule is O=C(C[C@H](NC(=O)c1ccccc1)c1ccccc1)OCC(=O)c1ccc2c(c1)-c1ccccc1C2. The summed E-state index contributed by atoms with van der Waals surface area (Å²) in [6, 6.07) is 31.3. The number of hydrogen-bond acceptors (Lipinski definition) is 4. The smallest absolute Gasteiger partial charge is 0.308 e. The molecule has 0 bridgehead atoms. The Kier molecular flexibility index (Phi) is 6.72. The van der Waals surface area contributed by atoms with Gasteiger partial charge in [-0.3, -0.25) is 14.4 Å². The van der Waals surface area contributed by atoms with Gasteiger partial charge in [0.2, 0.25) is 0 Å². The number of ketones is 1. The zero-order valence-corrected chi connectivity index (χ0v) is 19.6. The maximum Gasteiger partial charge on any atom is 0.308 e. The minimum absolute atomic E-state index is 0.0899. The van der Waals surface area contributed by atoms with E-state index in [0.29, 0.717) is 11.1 Å². The molecule has 0 spiro atoms. The average Bonchev–Trinajstić information content (AvgIpc) is 3.30. The van der Waals surface area contributed by atoms with E-state index in [4.69, 9.17) is 4.74 Å². The lowest BCUT2D eigenvalue weighted by Crippen LogP contribution is -2.31. The molecule has 1 atom stereocenters. The molecule has 0 saturated carbocycles. The molecule has 0 radical (unpaired) electrons. The van der Waals surface area contributed by atoms with E-state index in [9.17, 15) is 14.4 Å². The first-order chi connectivity index (χ1) is 17.6. The van der Waals surface area contributed by atoms with Gasteiger partial charge in [-0.05, 0) is 52.4 Å². The third-order valence-electron chi connectivity index (χ3n) is 6.40. The Labute approximate surface area is 209 Å². The van der Waals surface area contributed by atoms with Crippen molar-refractivity contribution in [2.24, 2.45) is 0 Å². The van der Waals surface area contributed by atoms with Gasteiger partial charge in [0, 0.05) is 11.1 Å². The van der Waals surface area contributed by atoms with Gasteiger partial charge in [0.15, 0.2) is 12.4 Å². The molecule has 36 heavy (non-hydrogen) atoms. The normalized spacial score (nSPS) is 12.2. The molecule has 5 rings (SSSR count). The van der Waals surface area contributed by atoms with Crippen LogP contribution in [-0.4, -0.2) is 24.3 Å². The van der Waals surface area contributed by atoms with Crippen molar-refractivity contribution in [3.63, 3.8) is 0 Å². The molecule has 1 aliphatic rings. The van der Waals surface area contributed by atoms with E-state index in [1.54, 1.807) is 30.3 Å². The second-order valence-electron chi connectivity index (χ2n) is 8.80. The predicted octanol–water partition coefficient (Wildman–Crippen LogP) is 5.55. The van der Waals surface area contributed by atoms with Crippen LogP contribution in [-0.2, 0) is 16.0 Å². The number of Topliss-reactive ketones (excluding diaryl/α,β-unsaturated/α-hetero) is 1. The van der Waals surface area contributed by atoms with Crippen molar-refractivity contribution in [3.05, 3.63) is 131 Å². The van der Waals surface area contributed by atoms with E-state index >= 15 is 0 Å². The fourth-order valence-electron chi connectivity index (χ4n) is 4.52. The summed E-state index contributed by atoms with van der Waals surface area (Å²) in [6.45, 7) is -0.354. The minimum atomic E-state index is -0.585. The van der Waals surface area contributed by atoms with Crippen LogP contribution < -0.4 is 5.32 Å². The van der Waals surface area contributed by atoms with Crippen molar-refractivity contribution < 1.29 is 19.1 Å². The molecule has 178 valence electrons. The topological polar surface area (TPSA) is 72.5 Å².